The van der Waals surface area contributed by atoms with Gasteiger partial charge in [0.25, 0.3) is 0 Å². The van der Waals surface area contributed by atoms with Gasteiger partial charge in [0.1, 0.15) is 5.58 Å². The van der Waals surface area contributed by atoms with Gasteiger partial charge in [-0.05, 0) is 48.9 Å². The SMILES string of the molecule is Cc1cc2occ(CC(=O)N3CCCC3CN)c2cc1C(C)C. The molecule has 1 aromatic carbocycles. The molecule has 1 aromatic heterocycles. The van der Waals surface area contributed by atoms with Crippen molar-refractivity contribution in [2.45, 2.75) is 52.0 Å². The van der Waals surface area contributed by atoms with Gasteiger partial charge in [0.15, 0.2) is 0 Å². The maximum atomic E-state index is 12.6. The number of carbonyl (C=O) groups excluding carboxylic acids is 1. The number of aryl methyl sites for hydroxylation is 1. The monoisotopic (exact) mass is 314 g/mol. The first kappa shape index (κ1) is 16.1. The highest BCUT2D eigenvalue weighted by molar-refractivity contribution is 5.88. The molecule has 2 aromatic rings. The fourth-order valence-electron chi connectivity index (χ4n) is 3.68. The minimum absolute atomic E-state index is 0.160. The van der Waals surface area contributed by atoms with E-state index in [1.165, 1.54) is 11.1 Å². The van der Waals surface area contributed by atoms with Crippen molar-refractivity contribution in [3.05, 3.63) is 35.1 Å². The predicted molar refractivity (Wildman–Crippen MR) is 92.5 cm³/mol. The lowest BCUT2D eigenvalue weighted by Crippen LogP contribution is -2.40. The number of carbonyl (C=O) groups is 1. The van der Waals surface area contributed by atoms with Crippen molar-refractivity contribution in [3.8, 4) is 0 Å². The second kappa shape index (κ2) is 6.36. The summed E-state index contributed by atoms with van der Waals surface area (Å²) in [4.78, 5) is 14.6. The lowest BCUT2D eigenvalue weighted by molar-refractivity contribution is -0.131. The highest BCUT2D eigenvalue weighted by Gasteiger charge is 2.28. The van der Waals surface area contributed by atoms with Crippen LogP contribution in [0.15, 0.2) is 22.8 Å². The number of benzene rings is 1. The number of furan rings is 1. The molecule has 23 heavy (non-hydrogen) atoms. The molecule has 1 amide bonds. The summed E-state index contributed by atoms with van der Waals surface area (Å²) in [6, 6.07) is 4.47. The van der Waals surface area contributed by atoms with E-state index in [4.69, 9.17) is 10.2 Å². The Kier molecular flexibility index (Phi) is 4.44. The van der Waals surface area contributed by atoms with Crippen molar-refractivity contribution in [1.29, 1.82) is 0 Å². The van der Waals surface area contributed by atoms with Gasteiger partial charge in [-0.15, -0.1) is 0 Å². The van der Waals surface area contributed by atoms with Gasteiger partial charge in [-0.2, -0.15) is 0 Å². The molecule has 1 atom stereocenters. The third-order valence-electron chi connectivity index (χ3n) is 4.98. The topological polar surface area (TPSA) is 59.5 Å². The molecule has 1 saturated heterocycles. The van der Waals surface area contributed by atoms with Gasteiger partial charge in [-0.3, -0.25) is 4.79 Å². The average Bonchev–Trinajstić information content (AvgIpc) is 3.13. The minimum Gasteiger partial charge on any atom is -0.464 e. The Morgan fingerprint density at radius 1 is 1.43 bits per heavy atom. The number of likely N-dealkylation sites (tertiary alicyclic amines) is 1. The zero-order valence-corrected chi connectivity index (χ0v) is 14.3. The molecule has 0 spiro atoms. The summed E-state index contributed by atoms with van der Waals surface area (Å²) in [7, 11) is 0. The number of amides is 1. The standard InChI is InChI=1S/C19H26N2O2/c1-12(2)16-9-17-14(11-23-18(17)7-13(16)3)8-19(22)21-6-4-5-15(21)10-20/h7,9,11-12,15H,4-6,8,10,20H2,1-3H3. The van der Waals surface area contributed by atoms with Crippen LogP contribution < -0.4 is 5.73 Å². The number of hydrogen-bond donors (Lipinski definition) is 1. The van der Waals surface area contributed by atoms with Gasteiger partial charge in [-0.1, -0.05) is 13.8 Å². The van der Waals surface area contributed by atoms with Crippen LogP contribution in [0.3, 0.4) is 0 Å². The predicted octanol–water partition coefficient (Wildman–Crippen LogP) is 3.36. The summed E-state index contributed by atoms with van der Waals surface area (Å²) in [5.41, 5.74) is 10.2. The van der Waals surface area contributed by atoms with Crippen molar-refractivity contribution >= 4 is 16.9 Å². The lowest BCUT2D eigenvalue weighted by Gasteiger charge is -2.23. The average molecular weight is 314 g/mol. The Morgan fingerprint density at radius 3 is 2.91 bits per heavy atom. The molecule has 0 saturated carbocycles. The van der Waals surface area contributed by atoms with Crippen LogP contribution in [0, 0.1) is 6.92 Å². The molecule has 1 aliphatic heterocycles. The summed E-state index contributed by atoms with van der Waals surface area (Å²) < 4.78 is 5.69. The largest absolute Gasteiger partial charge is 0.464 e. The lowest BCUT2D eigenvalue weighted by atomic mass is 9.95. The van der Waals surface area contributed by atoms with Crippen LogP contribution in [-0.4, -0.2) is 29.9 Å². The molecule has 0 aliphatic carbocycles. The smallest absolute Gasteiger partial charge is 0.227 e. The summed E-state index contributed by atoms with van der Waals surface area (Å²) in [6.07, 6.45) is 4.20. The summed E-state index contributed by atoms with van der Waals surface area (Å²) >= 11 is 0. The zero-order chi connectivity index (χ0) is 16.6. The van der Waals surface area contributed by atoms with E-state index in [0.29, 0.717) is 18.9 Å². The normalized spacial score (nSPS) is 18.3. The van der Waals surface area contributed by atoms with Crippen molar-refractivity contribution in [2.75, 3.05) is 13.1 Å². The van der Waals surface area contributed by atoms with Gasteiger partial charge < -0.3 is 15.1 Å². The highest BCUT2D eigenvalue weighted by Crippen LogP contribution is 2.29. The zero-order valence-electron chi connectivity index (χ0n) is 14.3. The van der Waals surface area contributed by atoms with Gasteiger partial charge in [0.05, 0.1) is 12.7 Å². The maximum Gasteiger partial charge on any atom is 0.227 e. The molecule has 0 bridgehead atoms. The molecule has 2 heterocycles. The Balaban J connectivity index is 1.88. The Bertz CT molecular complexity index is 717. The van der Waals surface area contributed by atoms with Crippen LogP contribution in [0.4, 0.5) is 0 Å². The van der Waals surface area contributed by atoms with Gasteiger partial charge in [0.2, 0.25) is 5.91 Å². The quantitative estimate of drug-likeness (QED) is 0.941. The second-order valence-corrected chi connectivity index (χ2v) is 6.92. The van der Waals surface area contributed by atoms with Crippen LogP contribution in [0.25, 0.3) is 11.0 Å². The molecule has 124 valence electrons. The third-order valence-corrected chi connectivity index (χ3v) is 4.98. The fourth-order valence-corrected chi connectivity index (χ4v) is 3.68. The van der Waals surface area contributed by atoms with Crippen LogP contribution in [-0.2, 0) is 11.2 Å². The second-order valence-electron chi connectivity index (χ2n) is 6.92. The van der Waals surface area contributed by atoms with E-state index in [-0.39, 0.29) is 11.9 Å². The van der Waals surface area contributed by atoms with Crippen molar-refractivity contribution in [3.63, 3.8) is 0 Å². The van der Waals surface area contributed by atoms with Crippen LogP contribution >= 0.6 is 0 Å². The van der Waals surface area contributed by atoms with E-state index in [9.17, 15) is 4.79 Å². The van der Waals surface area contributed by atoms with E-state index in [1.54, 1.807) is 6.26 Å². The fraction of sp³-hybridized carbons (Fsp3) is 0.526. The van der Waals surface area contributed by atoms with Crippen LogP contribution in [0.2, 0.25) is 0 Å². The summed E-state index contributed by atoms with van der Waals surface area (Å²) in [6.45, 7) is 7.86. The maximum absolute atomic E-state index is 12.6. The first-order valence-electron chi connectivity index (χ1n) is 8.51. The first-order valence-corrected chi connectivity index (χ1v) is 8.51. The Morgan fingerprint density at radius 2 is 2.22 bits per heavy atom. The first-order chi connectivity index (χ1) is 11.0. The van der Waals surface area contributed by atoms with E-state index in [0.717, 1.165) is 35.9 Å². The van der Waals surface area contributed by atoms with Crippen molar-refractivity contribution < 1.29 is 9.21 Å². The van der Waals surface area contributed by atoms with Crippen LogP contribution in [0.1, 0.15) is 49.3 Å². The molecular formula is C19H26N2O2. The molecule has 3 rings (SSSR count). The minimum atomic E-state index is 0.160. The van der Waals surface area contributed by atoms with Crippen LogP contribution in [0.5, 0.6) is 0 Å². The van der Waals surface area contributed by atoms with Crippen molar-refractivity contribution in [2.24, 2.45) is 5.73 Å². The van der Waals surface area contributed by atoms with E-state index < -0.39 is 0 Å². The summed E-state index contributed by atoms with van der Waals surface area (Å²) in [5.74, 6) is 0.616. The number of nitrogens with two attached hydrogens (primary N) is 1. The molecule has 1 aliphatic rings. The van der Waals surface area contributed by atoms with E-state index in [2.05, 4.69) is 32.9 Å². The van der Waals surface area contributed by atoms with Gasteiger partial charge >= 0.3 is 0 Å². The number of nitrogens with zero attached hydrogens (tertiary/aromatic N) is 1. The highest BCUT2D eigenvalue weighted by atomic mass is 16.3. The number of fused-ring (bicyclic) bond motifs is 1. The Hall–Kier alpha value is -1.81. The third kappa shape index (κ3) is 3.00. The molecular weight excluding hydrogens is 288 g/mol. The number of rotatable bonds is 4. The molecule has 4 heteroatoms. The van der Waals surface area contributed by atoms with Crippen molar-refractivity contribution in [1.82, 2.24) is 4.90 Å². The Labute approximate surface area is 137 Å². The molecule has 4 nitrogen and oxygen atoms in total. The van der Waals surface area contributed by atoms with Gasteiger partial charge in [0, 0.05) is 30.1 Å². The number of hydrogen-bond acceptors (Lipinski definition) is 3. The molecule has 0 radical (unpaired) electrons. The van der Waals surface area contributed by atoms with E-state index in [1.807, 2.05) is 4.90 Å². The molecule has 1 fully saturated rings. The van der Waals surface area contributed by atoms with E-state index >= 15 is 0 Å². The van der Waals surface area contributed by atoms with Gasteiger partial charge in [-0.25, -0.2) is 0 Å². The summed E-state index contributed by atoms with van der Waals surface area (Å²) in [5, 5.41) is 1.07. The molecule has 2 N–H and O–H groups in total. The molecule has 1 unspecified atom stereocenters.